The maximum absolute atomic E-state index is 13.2. The van der Waals surface area contributed by atoms with Crippen LogP contribution < -0.4 is 0 Å². The second kappa shape index (κ2) is 6.12. The van der Waals surface area contributed by atoms with E-state index in [0.29, 0.717) is 12.8 Å². The van der Waals surface area contributed by atoms with E-state index in [0.717, 1.165) is 18.4 Å². The van der Waals surface area contributed by atoms with Gasteiger partial charge in [0.1, 0.15) is 6.61 Å². The van der Waals surface area contributed by atoms with Crippen molar-refractivity contribution >= 4 is 11.6 Å². The van der Waals surface area contributed by atoms with Crippen LogP contribution in [0, 0.1) is 28.6 Å². The largest absolute Gasteiger partial charge is 0.393 e. The number of aliphatic hydroxyl groups is 2. The van der Waals surface area contributed by atoms with Gasteiger partial charge in [-0.25, -0.2) is 0 Å². The average Bonchev–Trinajstić information content (AvgIpc) is 3.07. The molecular formula is C24H32O6. The third kappa shape index (κ3) is 2.34. The third-order valence-electron chi connectivity index (χ3n) is 9.05. The minimum absolute atomic E-state index is 0.0167. The Morgan fingerprint density at radius 3 is 2.70 bits per heavy atom. The molecule has 6 heteroatoms. The topological polar surface area (TPSA) is 93.1 Å². The number of carbonyl (C=O) groups excluding carboxylic acids is 2. The first-order valence-corrected chi connectivity index (χ1v) is 11.1. The zero-order chi connectivity index (χ0) is 21.7. The van der Waals surface area contributed by atoms with Crippen molar-refractivity contribution in [2.45, 2.75) is 77.0 Å². The fourth-order valence-electron chi connectivity index (χ4n) is 8.04. The molecule has 0 bridgehead atoms. The van der Waals surface area contributed by atoms with Gasteiger partial charge in [0.2, 0.25) is 0 Å². The number of Topliss-reactive ketones (excluding diaryl/α,β-unsaturated/α-hetero) is 1. The summed E-state index contributed by atoms with van der Waals surface area (Å²) in [7, 11) is 0. The lowest BCUT2D eigenvalue weighted by atomic mass is 9.46. The van der Waals surface area contributed by atoms with Gasteiger partial charge < -0.3 is 19.7 Å². The molecule has 5 rings (SSSR count). The Morgan fingerprint density at radius 1 is 1.27 bits per heavy atom. The highest BCUT2D eigenvalue weighted by Crippen LogP contribution is 2.70. The van der Waals surface area contributed by atoms with Gasteiger partial charge in [-0.05, 0) is 63.5 Å². The molecule has 0 aromatic rings. The summed E-state index contributed by atoms with van der Waals surface area (Å²) in [6.07, 6.45) is 7.04. The molecule has 0 radical (unpaired) electrons. The summed E-state index contributed by atoms with van der Waals surface area (Å²) in [6.45, 7) is 7.19. The van der Waals surface area contributed by atoms with E-state index in [9.17, 15) is 19.8 Å². The van der Waals surface area contributed by atoms with Gasteiger partial charge in [-0.3, -0.25) is 9.59 Å². The SMILES string of the molecule is CC1(C)O[C@H]2C[C@@H]3[C@H]4CCC5=CC(=O)C=C[C@]5(C)[C@@H]4[C@@H](O)C[C@]3(C)[C@]2(C(=O)CO)O1. The Kier molecular flexibility index (Phi) is 4.20. The molecule has 2 N–H and O–H groups in total. The molecular weight excluding hydrogens is 384 g/mol. The smallest absolute Gasteiger partial charge is 0.193 e. The highest BCUT2D eigenvalue weighted by molar-refractivity contribution is 6.01. The van der Waals surface area contributed by atoms with Crippen molar-refractivity contribution in [3.05, 3.63) is 23.8 Å². The molecule has 1 aliphatic heterocycles. The maximum Gasteiger partial charge on any atom is 0.193 e. The summed E-state index contributed by atoms with van der Waals surface area (Å²) in [6, 6.07) is 0. The van der Waals surface area contributed by atoms with Crippen LogP contribution >= 0.6 is 0 Å². The van der Waals surface area contributed by atoms with E-state index in [2.05, 4.69) is 6.92 Å². The van der Waals surface area contributed by atoms with Crippen LogP contribution in [0.1, 0.15) is 53.4 Å². The van der Waals surface area contributed by atoms with E-state index in [1.165, 1.54) is 0 Å². The summed E-state index contributed by atoms with van der Waals surface area (Å²) in [4.78, 5) is 25.1. The maximum atomic E-state index is 13.2. The minimum Gasteiger partial charge on any atom is -0.393 e. The Hall–Kier alpha value is -1.34. The number of carbonyl (C=O) groups is 2. The van der Waals surface area contributed by atoms with Gasteiger partial charge in [0, 0.05) is 16.7 Å². The van der Waals surface area contributed by atoms with Crippen molar-refractivity contribution in [3.8, 4) is 0 Å². The lowest BCUT2D eigenvalue weighted by Gasteiger charge is -2.59. The first-order chi connectivity index (χ1) is 14.0. The summed E-state index contributed by atoms with van der Waals surface area (Å²) >= 11 is 0. The van der Waals surface area contributed by atoms with E-state index >= 15 is 0 Å². The number of ketones is 2. The second-order valence-electron chi connectivity index (χ2n) is 10.9. The zero-order valence-electron chi connectivity index (χ0n) is 18.2. The van der Waals surface area contributed by atoms with Crippen LogP contribution in [0.2, 0.25) is 0 Å². The Morgan fingerprint density at radius 2 is 2.00 bits per heavy atom. The highest BCUT2D eigenvalue weighted by atomic mass is 16.8. The van der Waals surface area contributed by atoms with Crippen LogP contribution in [0.25, 0.3) is 0 Å². The van der Waals surface area contributed by atoms with Gasteiger partial charge in [0.05, 0.1) is 12.2 Å². The molecule has 3 saturated carbocycles. The number of hydrogen-bond donors (Lipinski definition) is 2. The Balaban J connectivity index is 1.59. The van der Waals surface area contributed by atoms with Crippen LogP contribution in [0.5, 0.6) is 0 Å². The Labute approximate surface area is 177 Å². The normalized spacial score (nSPS) is 50.9. The number of aliphatic hydroxyl groups excluding tert-OH is 2. The van der Waals surface area contributed by atoms with Crippen LogP contribution in [0.3, 0.4) is 0 Å². The predicted octanol–water partition coefficient (Wildman–Crippen LogP) is 2.33. The number of rotatable bonds is 2. The van der Waals surface area contributed by atoms with Gasteiger partial charge in [0.15, 0.2) is 23.0 Å². The summed E-state index contributed by atoms with van der Waals surface area (Å²) < 4.78 is 12.6. The van der Waals surface area contributed by atoms with E-state index in [4.69, 9.17) is 9.47 Å². The van der Waals surface area contributed by atoms with Crippen LogP contribution in [0.4, 0.5) is 0 Å². The monoisotopic (exact) mass is 416 g/mol. The van der Waals surface area contributed by atoms with Gasteiger partial charge in [0.25, 0.3) is 0 Å². The zero-order valence-corrected chi connectivity index (χ0v) is 18.2. The first-order valence-electron chi connectivity index (χ1n) is 11.1. The lowest BCUT2D eigenvalue weighted by Crippen LogP contribution is -2.63. The molecule has 1 heterocycles. The first kappa shape index (κ1) is 20.6. The fraction of sp³-hybridized carbons (Fsp3) is 0.750. The molecule has 6 nitrogen and oxygen atoms in total. The summed E-state index contributed by atoms with van der Waals surface area (Å²) in [5.41, 5.74) is -1.12. The fourth-order valence-corrected chi connectivity index (χ4v) is 8.04. The Bertz CT molecular complexity index is 873. The number of fused-ring (bicyclic) bond motifs is 7. The van der Waals surface area contributed by atoms with Crippen molar-refractivity contribution in [2.24, 2.45) is 28.6 Å². The standard InChI is InChI=1S/C24H32O6/c1-21(2)29-19-10-16-15-6-5-13-9-14(26)7-8-22(13,3)20(15)17(27)11-23(16,4)24(19,30-21)18(28)12-25/h7-9,15-17,19-20,25,27H,5-6,10-12H2,1-4H3/t15-,16-,17+,19+,20+,22+,23+,24-/m1/s1. The third-order valence-corrected chi connectivity index (χ3v) is 9.05. The van der Waals surface area contributed by atoms with Gasteiger partial charge in [-0.1, -0.05) is 25.5 Å². The van der Waals surface area contributed by atoms with E-state index in [1.807, 2.05) is 13.0 Å². The van der Waals surface area contributed by atoms with E-state index in [-0.39, 0.29) is 34.7 Å². The van der Waals surface area contributed by atoms with Crippen molar-refractivity contribution in [1.29, 1.82) is 0 Å². The molecule has 0 amide bonds. The van der Waals surface area contributed by atoms with Crippen molar-refractivity contribution in [2.75, 3.05) is 6.61 Å². The van der Waals surface area contributed by atoms with Crippen molar-refractivity contribution < 1.29 is 29.3 Å². The second-order valence-corrected chi connectivity index (χ2v) is 10.9. The van der Waals surface area contributed by atoms with E-state index in [1.54, 1.807) is 26.0 Å². The highest BCUT2D eigenvalue weighted by Gasteiger charge is 2.76. The van der Waals surface area contributed by atoms with Crippen LogP contribution in [-0.4, -0.2) is 52.0 Å². The quantitative estimate of drug-likeness (QED) is 0.718. The van der Waals surface area contributed by atoms with Crippen molar-refractivity contribution in [1.82, 2.24) is 0 Å². The molecule has 0 aromatic heterocycles. The van der Waals surface area contributed by atoms with Crippen LogP contribution in [-0.2, 0) is 19.1 Å². The molecule has 0 unspecified atom stereocenters. The molecule has 8 atom stereocenters. The summed E-state index contributed by atoms with van der Waals surface area (Å²) in [5.74, 6) is -0.947. The summed E-state index contributed by atoms with van der Waals surface area (Å²) in [5, 5.41) is 21.3. The van der Waals surface area contributed by atoms with Gasteiger partial charge in [-0.15, -0.1) is 0 Å². The molecule has 4 aliphatic carbocycles. The lowest BCUT2D eigenvalue weighted by molar-refractivity contribution is -0.225. The molecule has 164 valence electrons. The molecule has 0 aromatic carbocycles. The minimum atomic E-state index is -1.24. The van der Waals surface area contributed by atoms with Gasteiger partial charge >= 0.3 is 0 Å². The number of ether oxygens (including phenoxy) is 2. The van der Waals surface area contributed by atoms with E-state index < -0.39 is 35.6 Å². The molecule has 5 aliphatic rings. The molecule has 0 spiro atoms. The predicted molar refractivity (Wildman–Crippen MR) is 108 cm³/mol. The molecule has 30 heavy (non-hydrogen) atoms. The average molecular weight is 417 g/mol. The van der Waals surface area contributed by atoms with Crippen LogP contribution in [0.15, 0.2) is 23.8 Å². The molecule has 4 fully saturated rings. The molecule has 1 saturated heterocycles. The van der Waals surface area contributed by atoms with Gasteiger partial charge in [-0.2, -0.15) is 0 Å². The van der Waals surface area contributed by atoms with Crippen molar-refractivity contribution in [3.63, 3.8) is 0 Å². The number of hydrogen-bond acceptors (Lipinski definition) is 6. The number of allylic oxidation sites excluding steroid dienone is 4.